The standard InChI is InChI=1S/C18H16N2O5/c21-18-10-14-8-15(20(24)25)7-6-13(14)9-16(18)17(11-19(22)23)12-4-2-1-3-5-12/h1-8,16-17H,9-11H2. The minimum Gasteiger partial charge on any atom is -0.299 e. The molecule has 1 aliphatic carbocycles. The Balaban J connectivity index is 1.94. The molecule has 0 aliphatic heterocycles. The van der Waals surface area contributed by atoms with Gasteiger partial charge in [-0.15, -0.1) is 0 Å². The smallest absolute Gasteiger partial charge is 0.269 e. The molecule has 0 saturated carbocycles. The maximum absolute atomic E-state index is 12.6. The lowest BCUT2D eigenvalue weighted by atomic mass is 9.73. The third kappa shape index (κ3) is 3.55. The number of nitro groups is 2. The van der Waals surface area contributed by atoms with Crippen LogP contribution in [0.3, 0.4) is 0 Å². The molecule has 128 valence electrons. The Morgan fingerprint density at radius 2 is 1.76 bits per heavy atom. The molecule has 0 amide bonds. The van der Waals surface area contributed by atoms with Gasteiger partial charge in [-0.1, -0.05) is 36.4 Å². The summed E-state index contributed by atoms with van der Waals surface area (Å²) in [6.45, 7) is -0.317. The first-order valence-corrected chi connectivity index (χ1v) is 7.91. The summed E-state index contributed by atoms with van der Waals surface area (Å²) >= 11 is 0. The maximum atomic E-state index is 12.6. The van der Waals surface area contributed by atoms with Gasteiger partial charge in [-0.05, 0) is 23.1 Å². The number of carbonyl (C=O) groups excluding carboxylic acids is 1. The van der Waals surface area contributed by atoms with Gasteiger partial charge in [-0.25, -0.2) is 0 Å². The monoisotopic (exact) mass is 340 g/mol. The highest BCUT2D eigenvalue weighted by molar-refractivity contribution is 5.86. The summed E-state index contributed by atoms with van der Waals surface area (Å²) in [7, 11) is 0. The van der Waals surface area contributed by atoms with Crippen LogP contribution in [0, 0.1) is 26.1 Å². The molecule has 0 aromatic heterocycles. The zero-order valence-corrected chi connectivity index (χ0v) is 13.3. The van der Waals surface area contributed by atoms with Crippen molar-refractivity contribution in [1.82, 2.24) is 0 Å². The predicted molar refractivity (Wildman–Crippen MR) is 90.0 cm³/mol. The lowest BCUT2D eigenvalue weighted by molar-refractivity contribution is -0.484. The van der Waals surface area contributed by atoms with Gasteiger partial charge >= 0.3 is 0 Å². The van der Waals surface area contributed by atoms with Crippen molar-refractivity contribution in [1.29, 1.82) is 0 Å². The highest BCUT2D eigenvalue weighted by Crippen LogP contribution is 2.35. The van der Waals surface area contributed by atoms with E-state index in [0.29, 0.717) is 12.0 Å². The second kappa shape index (κ2) is 6.80. The van der Waals surface area contributed by atoms with Gasteiger partial charge in [0.25, 0.3) is 5.69 Å². The fourth-order valence-corrected chi connectivity index (χ4v) is 3.45. The molecule has 0 radical (unpaired) electrons. The van der Waals surface area contributed by atoms with Gasteiger partial charge in [0.2, 0.25) is 6.54 Å². The number of hydrogen-bond donors (Lipinski definition) is 0. The molecule has 0 spiro atoms. The third-order valence-corrected chi connectivity index (χ3v) is 4.68. The van der Waals surface area contributed by atoms with Gasteiger partial charge < -0.3 is 0 Å². The van der Waals surface area contributed by atoms with E-state index in [1.54, 1.807) is 30.3 Å². The Morgan fingerprint density at radius 1 is 1.04 bits per heavy atom. The van der Waals surface area contributed by atoms with Crippen LogP contribution >= 0.6 is 0 Å². The van der Waals surface area contributed by atoms with Crippen LogP contribution in [0.1, 0.15) is 22.6 Å². The SMILES string of the molecule is O=C1Cc2cc([N+](=O)[O-])ccc2CC1C(C[N+](=O)[O-])c1ccccc1. The van der Waals surface area contributed by atoms with Crippen molar-refractivity contribution in [2.45, 2.75) is 18.8 Å². The molecular formula is C18H16N2O5. The van der Waals surface area contributed by atoms with Crippen LogP contribution < -0.4 is 0 Å². The maximum Gasteiger partial charge on any atom is 0.269 e. The van der Waals surface area contributed by atoms with Crippen molar-refractivity contribution >= 4 is 11.5 Å². The summed E-state index contributed by atoms with van der Waals surface area (Å²) in [5.74, 6) is -1.11. The number of rotatable bonds is 5. The van der Waals surface area contributed by atoms with E-state index in [2.05, 4.69) is 0 Å². The summed E-state index contributed by atoms with van der Waals surface area (Å²) in [6.07, 6.45) is 0.433. The highest BCUT2D eigenvalue weighted by Gasteiger charge is 2.36. The van der Waals surface area contributed by atoms with Crippen molar-refractivity contribution in [2.24, 2.45) is 5.92 Å². The fraction of sp³-hybridized carbons (Fsp3) is 0.278. The molecular weight excluding hydrogens is 324 g/mol. The summed E-state index contributed by atoms with van der Waals surface area (Å²) in [5.41, 5.74) is 2.21. The predicted octanol–water partition coefficient (Wildman–Crippen LogP) is 2.94. The van der Waals surface area contributed by atoms with Crippen LogP contribution in [-0.2, 0) is 17.6 Å². The normalized spacial score (nSPS) is 17.6. The van der Waals surface area contributed by atoms with Crippen molar-refractivity contribution in [3.8, 4) is 0 Å². The Bertz CT molecular complexity index is 835. The van der Waals surface area contributed by atoms with Gasteiger partial charge in [0.05, 0.1) is 10.8 Å². The lowest BCUT2D eigenvalue weighted by Crippen LogP contribution is -2.33. The molecule has 25 heavy (non-hydrogen) atoms. The van der Waals surface area contributed by atoms with Crippen LogP contribution in [0.4, 0.5) is 5.69 Å². The Kier molecular flexibility index (Phi) is 4.56. The molecule has 3 rings (SSSR count). The molecule has 2 aromatic carbocycles. The Labute approximate surface area is 143 Å². The number of hydrogen-bond acceptors (Lipinski definition) is 5. The molecule has 7 nitrogen and oxygen atoms in total. The number of nitro benzene ring substituents is 1. The van der Waals surface area contributed by atoms with E-state index in [1.165, 1.54) is 12.1 Å². The van der Waals surface area contributed by atoms with E-state index in [4.69, 9.17) is 0 Å². The van der Waals surface area contributed by atoms with Gasteiger partial charge in [0, 0.05) is 29.4 Å². The topological polar surface area (TPSA) is 103 Å². The van der Waals surface area contributed by atoms with E-state index in [0.717, 1.165) is 11.1 Å². The quantitative estimate of drug-likeness (QED) is 0.615. The molecule has 0 saturated heterocycles. The summed E-state index contributed by atoms with van der Waals surface area (Å²) in [4.78, 5) is 33.8. The van der Waals surface area contributed by atoms with Gasteiger partial charge in [0.1, 0.15) is 5.78 Å². The van der Waals surface area contributed by atoms with Crippen molar-refractivity contribution < 1.29 is 14.6 Å². The number of ketones is 1. The van der Waals surface area contributed by atoms with Gasteiger partial charge in [-0.2, -0.15) is 0 Å². The zero-order valence-electron chi connectivity index (χ0n) is 13.3. The molecule has 2 unspecified atom stereocenters. The highest BCUT2D eigenvalue weighted by atomic mass is 16.6. The fourth-order valence-electron chi connectivity index (χ4n) is 3.45. The second-order valence-corrected chi connectivity index (χ2v) is 6.20. The van der Waals surface area contributed by atoms with E-state index < -0.39 is 21.7 Å². The van der Waals surface area contributed by atoms with E-state index in [9.17, 15) is 25.0 Å². The molecule has 2 atom stereocenters. The summed E-state index contributed by atoms with van der Waals surface area (Å²) < 4.78 is 0. The minimum atomic E-state index is -0.507. The lowest BCUT2D eigenvalue weighted by Gasteiger charge is -2.28. The van der Waals surface area contributed by atoms with Gasteiger partial charge in [-0.3, -0.25) is 25.0 Å². The third-order valence-electron chi connectivity index (χ3n) is 4.68. The number of benzene rings is 2. The number of carbonyl (C=O) groups is 1. The van der Waals surface area contributed by atoms with E-state index in [1.807, 2.05) is 6.07 Å². The first kappa shape index (κ1) is 16.8. The molecule has 0 N–H and O–H groups in total. The molecule has 0 fully saturated rings. The number of Topliss-reactive ketones (excluding diaryl/α,β-unsaturated/α-hetero) is 1. The molecule has 0 bridgehead atoms. The van der Waals surface area contributed by atoms with Crippen molar-refractivity contribution in [2.75, 3.05) is 6.54 Å². The number of non-ortho nitro benzene ring substituents is 1. The zero-order chi connectivity index (χ0) is 18.0. The van der Waals surface area contributed by atoms with Crippen molar-refractivity contribution in [3.05, 3.63) is 85.4 Å². The summed E-state index contributed by atoms with van der Waals surface area (Å²) in [5, 5.41) is 22.0. The largest absolute Gasteiger partial charge is 0.299 e. The average Bonchev–Trinajstić information content (AvgIpc) is 2.59. The Hall–Kier alpha value is -3.09. The number of nitrogens with zero attached hydrogens (tertiary/aromatic N) is 2. The second-order valence-electron chi connectivity index (χ2n) is 6.20. The summed E-state index contributed by atoms with van der Waals surface area (Å²) in [6, 6.07) is 13.5. The Morgan fingerprint density at radius 3 is 2.40 bits per heavy atom. The molecule has 1 aliphatic rings. The van der Waals surface area contributed by atoms with Crippen LogP contribution in [0.5, 0.6) is 0 Å². The molecule has 0 heterocycles. The minimum absolute atomic E-state index is 0.0464. The van der Waals surface area contributed by atoms with Crippen LogP contribution in [-0.4, -0.2) is 22.2 Å². The van der Waals surface area contributed by atoms with Crippen LogP contribution in [0.2, 0.25) is 0 Å². The first-order valence-electron chi connectivity index (χ1n) is 7.91. The van der Waals surface area contributed by atoms with Crippen LogP contribution in [0.25, 0.3) is 0 Å². The van der Waals surface area contributed by atoms with Crippen LogP contribution in [0.15, 0.2) is 48.5 Å². The van der Waals surface area contributed by atoms with E-state index in [-0.39, 0.29) is 24.4 Å². The van der Waals surface area contributed by atoms with Gasteiger partial charge in [0.15, 0.2) is 0 Å². The first-order chi connectivity index (χ1) is 12.0. The average molecular weight is 340 g/mol. The molecule has 2 aromatic rings. The molecule has 7 heteroatoms. The number of fused-ring (bicyclic) bond motifs is 1. The van der Waals surface area contributed by atoms with Crippen molar-refractivity contribution in [3.63, 3.8) is 0 Å². The van der Waals surface area contributed by atoms with E-state index >= 15 is 0 Å².